The number of carbonyl (C=O) groups is 1. The van der Waals surface area contributed by atoms with Gasteiger partial charge in [0.1, 0.15) is 0 Å². The van der Waals surface area contributed by atoms with E-state index in [1.54, 1.807) is 6.07 Å². The highest BCUT2D eigenvalue weighted by Gasteiger charge is 2.28. The largest absolute Gasteiger partial charge is 0.305 e. The number of fused-ring (bicyclic) bond motifs is 1. The van der Waals surface area contributed by atoms with Gasteiger partial charge in [-0.2, -0.15) is 0 Å². The Bertz CT molecular complexity index is 701. The summed E-state index contributed by atoms with van der Waals surface area (Å²) >= 11 is 8.32. The molecule has 1 amide bonds. The maximum Gasteiger partial charge on any atom is 0.258 e. The fourth-order valence-electron chi connectivity index (χ4n) is 2.77. The van der Waals surface area contributed by atoms with Crippen molar-refractivity contribution in [1.82, 2.24) is 0 Å². The van der Waals surface area contributed by atoms with Crippen molar-refractivity contribution in [1.29, 1.82) is 0 Å². The molecule has 1 aliphatic rings. The highest BCUT2D eigenvalue weighted by atomic mass is 127. The normalized spacial score (nSPS) is 17.5. The third-order valence-corrected chi connectivity index (χ3v) is 5.48. The van der Waals surface area contributed by atoms with Crippen molar-refractivity contribution in [2.75, 3.05) is 4.90 Å². The average molecular weight is 412 g/mol. The lowest BCUT2D eigenvalue weighted by atomic mass is 9.96. The van der Waals surface area contributed by atoms with Gasteiger partial charge in [-0.15, -0.1) is 0 Å². The van der Waals surface area contributed by atoms with E-state index in [1.165, 1.54) is 5.56 Å². The van der Waals surface area contributed by atoms with Gasteiger partial charge in [0.15, 0.2) is 0 Å². The van der Waals surface area contributed by atoms with E-state index in [0.717, 1.165) is 22.1 Å². The number of carbonyl (C=O) groups excluding carboxylic acids is 1. The lowest BCUT2D eigenvalue weighted by molar-refractivity contribution is 0.0975. The first-order valence-corrected chi connectivity index (χ1v) is 8.40. The first kappa shape index (κ1) is 14.9. The van der Waals surface area contributed by atoms with E-state index < -0.39 is 0 Å². The molecule has 4 heteroatoms. The highest BCUT2D eigenvalue weighted by molar-refractivity contribution is 14.1. The first-order valence-electron chi connectivity index (χ1n) is 6.94. The van der Waals surface area contributed by atoms with E-state index in [9.17, 15) is 4.79 Å². The minimum Gasteiger partial charge on any atom is -0.305 e. The maximum absolute atomic E-state index is 12.9. The van der Waals surface area contributed by atoms with Gasteiger partial charge in [-0.25, -0.2) is 0 Å². The second-order valence-corrected chi connectivity index (χ2v) is 6.89. The molecular formula is C17H15ClINO. The molecule has 1 unspecified atom stereocenters. The molecule has 0 aliphatic carbocycles. The standard InChI is InChI=1S/C17H15ClINO/c1-11-6-7-12-4-2-3-5-16(12)20(11)17(21)13-8-9-15(19)14(18)10-13/h2-5,8-11H,6-7H2,1H3. The van der Waals surface area contributed by atoms with Crippen LogP contribution in [0.3, 0.4) is 0 Å². The summed E-state index contributed by atoms with van der Waals surface area (Å²) in [5, 5.41) is 0.624. The Morgan fingerprint density at radius 1 is 1.29 bits per heavy atom. The highest BCUT2D eigenvalue weighted by Crippen LogP contribution is 2.32. The molecule has 2 aromatic rings. The summed E-state index contributed by atoms with van der Waals surface area (Å²) in [6.45, 7) is 2.10. The predicted molar refractivity (Wildman–Crippen MR) is 95.2 cm³/mol. The first-order chi connectivity index (χ1) is 10.1. The fraction of sp³-hybridized carbons (Fsp3) is 0.235. The van der Waals surface area contributed by atoms with E-state index in [0.29, 0.717) is 10.6 Å². The Hall–Kier alpha value is -1.07. The third kappa shape index (κ3) is 2.81. The van der Waals surface area contributed by atoms with E-state index >= 15 is 0 Å². The Morgan fingerprint density at radius 2 is 2.05 bits per heavy atom. The van der Waals surface area contributed by atoms with E-state index in [-0.39, 0.29) is 11.9 Å². The number of amides is 1. The number of nitrogens with zero attached hydrogens (tertiary/aromatic N) is 1. The number of anilines is 1. The molecule has 108 valence electrons. The predicted octanol–water partition coefficient (Wildman–Crippen LogP) is 4.93. The van der Waals surface area contributed by atoms with Crippen molar-refractivity contribution in [3.63, 3.8) is 0 Å². The SMILES string of the molecule is CC1CCc2ccccc2N1C(=O)c1ccc(I)c(Cl)c1. The summed E-state index contributed by atoms with van der Waals surface area (Å²) in [5.41, 5.74) is 2.90. The van der Waals surface area contributed by atoms with Crippen LogP contribution in [0.1, 0.15) is 29.3 Å². The summed E-state index contributed by atoms with van der Waals surface area (Å²) in [6, 6.07) is 13.8. The number of hydrogen-bond acceptors (Lipinski definition) is 1. The maximum atomic E-state index is 12.9. The van der Waals surface area contributed by atoms with Crippen molar-refractivity contribution in [2.45, 2.75) is 25.8 Å². The van der Waals surface area contributed by atoms with Crippen LogP contribution in [-0.4, -0.2) is 11.9 Å². The molecule has 0 aromatic heterocycles. The molecule has 3 rings (SSSR count). The molecule has 0 saturated carbocycles. The van der Waals surface area contributed by atoms with E-state index in [2.05, 4.69) is 35.6 Å². The summed E-state index contributed by atoms with van der Waals surface area (Å²) in [7, 11) is 0. The number of hydrogen-bond donors (Lipinski definition) is 0. The number of halogens is 2. The van der Waals surface area contributed by atoms with Gasteiger partial charge in [0.25, 0.3) is 5.91 Å². The second kappa shape index (κ2) is 5.97. The van der Waals surface area contributed by atoms with Crippen molar-refractivity contribution in [3.8, 4) is 0 Å². The van der Waals surface area contributed by atoms with Gasteiger partial charge in [0.05, 0.1) is 5.02 Å². The lowest BCUT2D eigenvalue weighted by Crippen LogP contribution is -2.42. The van der Waals surface area contributed by atoms with Crippen LogP contribution in [0.15, 0.2) is 42.5 Å². The Morgan fingerprint density at radius 3 is 2.81 bits per heavy atom. The molecule has 21 heavy (non-hydrogen) atoms. The second-order valence-electron chi connectivity index (χ2n) is 5.32. The van der Waals surface area contributed by atoms with E-state index in [1.807, 2.05) is 35.2 Å². The molecule has 2 aromatic carbocycles. The van der Waals surface area contributed by atoms with Gasteiger partial charge in [-0.05, 0) is 72.2 Å². The van der Waals surface area contributed by atoms with Gasteiger partial charge in [-0.1, -0.05) is 29.8 Å². The zero-order valence-corrected chi connectivity index (χ0v) is 14.6. The Labute approximate surface area is 143 Å². The molecule has 0 bridgehead atoms. The van der Waals surface area contributed by atoms with Crippen LogP contribution in [-0.2, 0) is 6.42 Å². The van der Waals surface area contributed by atoms with Crippen molar-refractivity contribution >= 4 is 45.8 Å². The lowest BCUT2D eigenvalue weighted by Gasteiger charge is -2.35. The molecule has 0 saturated heterocycles. The average Bonchev–Trinajstić information content (AvgIpc) is 2.49. The third-order valence-electron chi connectivity index (χ3n) is 3.91. The summed E-state index contributed by atoms with van der Waals surface area (Å²) in [4.78, 5) is 14.8. The van der Waals surface area contributed by atoms with Gasteiger partial charge in [0, 0.05) is 20.9 Å². The molecule has 0 N–H and O–H groups in total. The van der Waals surface area contributed by atoms with Crippen molar-refractivity contribution in [2.24, 2.45) is 0 Å². The molecular weight excluding hydrogens is 397 g/mol. The van der Waals surface area contributed by atoms with Gasteiger partial charge in [0.2, 0.25) is 0 Å². The topological polar surface area (TPSA) is 20.3 Å². The van der Waals surface area contributed by atoms with Crippen LogP contribution in [0.2, 0.25) is 5.02 Å². The smallest absolute Gasteiger partial charge is 0.258 e. The zero-order chi connectivity index (χ0) is 15.0. The summed E-state index contributed by atoms with van der Waals surface area (Å²) < 4.78 is 0.956. The number of aryl methyl sites for hydroxylation is 1. The van der Waals surface area contributed by atoms with Crippen molar-refractivity contribution in [3.05, 3.63) is 62.2 Å². The van der Waals surface area contributed by atoms with Gasteiger partial charge < -0.3 is 4.90 Å². The molecule has 0 spiro atoms. The number of rotatable bonds is 1. The van der Waals surface area contributed by atoms with Crippen LogP contribution in [0.5, 0.6) is 0 Å². The van der Waals surface area contributed by atoms with Gasteiger partial charge in [-0.3, -0.25) is 4.79 Å². The van der Waals surface area contributed by atoms with Crippen LogP contribution in [0, 0.1) is 3.57 Å². The summed E-state index contributed by atoms with van der Waals surface area (Å²) in [5.74, 6) is 0.0213. The molecule has 1 heterocycles. The summed E-state index contributed by atoms with van der Waals surface area (Å²) in [6.07, 6.45) is 2.01. The molecule has 1 atom stereocenters. The van der Waals surface area contributed by atoms with E-state index in [4.69, 9.17) is 11.6 Å². The van der Waals surface area contributed by atoms with Crippen LogP contribution >= 0.6 is 34.2 Å². The monoisotopic (exact) mass is 411 g/mol. The Balaban J connectivity index is 2.02. The zero-order valence-electron chi connectivity index (χ0n) is 11.6. The van der Waals surface area contributed by atoms with Crippen molar-refractivity contribution < 1.29 is 4.79 Å². The molecule has 0 fully saturated rings. The van der Waals surface area contributed by atoms with Gasteiger partial charge >= 0.3 is 0 Å². The van der Waals surface area contributed by atoms with Crippen LogP contribution < -0.4 is 4.90 Å². The minimum absolute atomic E-state index is 0.0213. The van der Waals surface area contributed by atoms with Crippen LogP contribution in [0.4, 0.5) is 5.69 Å². The molecule has 1 aliphatic heterocycles. The fourth-order valence-corrected chi connectivity index (χ4v) is 3.28. The quantitative estimate of drug-likeness (QED) is 0.610. The van der Waals surface area contributed by atoms with Crippen LogP contribution in [0.25, 0.3) is 0 Å². The Kier molecular flexibility index (Phi) is 4.22. The number of benzene rings is 2. The molecule has 0 radical (unpaired) electrons. The number of para-hydroxylation sites is 1. The molecule has 2 nitrogen and oxygen atoms in total. The minimum atomic E-state index is 0.0213.